The molecule has 0 spiro atoms. The summed E-state index contributed by atoms with van der Waals surface area (Å²) in [6.45, 7) is 0.460. The first-order valence-corrected chi connectivity index (χ1v) is 12.7. The minimum Gasteiger partial charge on any atom is -0.466 e. The van der Waals surface area contributed by atoms with Crippen molar-refractivity contribution >= 4 is 38.9 Å². The Kier molecular flexibility index (Phi) is 7.39. The summed E-state index contributed by atoms with van der Waals surface area (Å²) in [4.78, 5) is 22.9. The quantitative estimate of drug-likeness (QED) is 0.339. The molecule has 1 aromatic heterocycles. The molecule has 2 heterocycles. The van der Waals surface area contributed by atoms with Crippen molar-refractivity contribution in [3.63, 3.8) is 0 Å². The van der Waals surface area contributed by atoms with Gasteiger partial charge in [-0.05, 0) is 49.2 Å². The number of anilines is 1. The third kappa shape index (κ3) is 5.81. The number of carbonyl (C=O) groups is 1. The van der Waals surface area contributed by atoms with E-state index < -0.39 is 14.9 Å². The second-order valence-corrected chi connectivity index (χ2v) is 10.4. The molecule has 0 saturated carbocycles. The number of nitro benzene ring substituents is 1. The Morgan fingerprint density at radius 2 is 1.86 bits per heavy atom. The number of furan rings is 1. The molecule has 1 aliphatic rings. The van der Waals surface area contributed by atoms with Gasteiger partial charge >= 0.3 is 0 Å². The van der Waals surface area contributed by atoms with Crippen LogP contribution in [-0.2, 0) is 16.6 Å². The molecule has 2 aromatic carbocycles. The van der Waals surface area contributed by atoms with Crippen LogP contribution in [0.4, 0.5) is 11.4 Å². The van der Waals surface area contributed by atoms with Crippen molar-refractivity contribution in [1.29, 1.82) is 0 Å². The second-order valence-electron chi connectivity index (χ2n) is 8.03. The molecule has 35 heavy (non-hydrogen) atoms. The summed E-state index contributed by atoms with van der Waals surface area (Å²) in [5, 5.41) is 17.4. The summed E-state index contributed by atoms with van der Waals surface area (Å²) in [7, 11) is -3.83. The van der Waals surface area contributed by atoms with E-state index in [4.69, 9.17) is 16.0 Å². The molecular weight excluding hydrogens is 496 g/mol. The number of benzene rings is 2. The van der Waals surface area contributed by atoms with Crippen molar-refractivity contribution < 1.29 is 22.6 Å². The zero-order valence-electron chi connectivity index (χ0n) is 18.5. The number of nitro groups is 1. The summed E-state index contributed by atoms with van der Waals surface area (Å²) >= 11 is 5.84. The number of non-ortho nitro benzene ring substituents is 1. The van der Waals surface area contributed by atoms with Crippen LogP contribution in [0.5, 0.6) is 0 Å². The average molecular weight is 519 g/mol. The standard InChI is InChI=1S/C23H23ClN4O6S/c24-17-6-4-16(5-7-17)23(29)25-15-21-22(10-13-34-21)35(32,33)27-11-8-18(9-12-27)26-19-2-1-3-20(14-19)28(30)31/h1-7,10,13-14,18,26H,8-9,11-12,15H2,(H,25,29). The van der Waals surface area contributed by atoms with Crippen molar-refractivity contribution in [3.05, 3.63) is 87.3 Å². The average Bonchev–Trinajstić information content (AvgIpc) is 3.33. The van der Waals surface area contributed by atoms with Crippen LogP contribution in [0.3, 0.4) is 0 Å². The minimum absolute atomic E-state index is 0.00865. The highest BCUT2D eigenvalue weighted by Crippen LogP contribution is 2.26. The van der Waals surface area contributed by atoms with Gasteiger partial charge in [-0.3, -0.25) is 14.9 Å². The van der Waals surface area contributed by atoms with Crippen LogP contribution < -0.4 is 10.6 Å². The van der Waals surface area contributed by atoms with E-state index in [9.17, 15) is 23.3 Å². The van der Waals surface area contributed by atoms with Crippen LogP contribution in [0.15, 0.2) is 70.2 Å². The maximum atomic E-state index is 13.2. The number of amides is 1. The van der Waals surface area contributed by atoms with Crippen molar-refractivity contribution in [1.82, 2.24) is 9.62 Å². The predicted molar refractivity (Wildman–Crippen MR) is 130 cm³/mol. The number of carbonyl (C=O) groups excluding carboxylic acids is 1. The molecule has 1 aliphatic heterocycles. The third-order valence-electron chi connectivity index (χ3n) is 5.72. The van der Waals surface area contributed by atoms with Gasteiger partial charge in [0.1, 0.15) is 10.7 Å². The lowest BCUT2D eigenvalue weighted by atomic mass is 10.1. The molecular formula is C23H23ClN4O6S. The molecule has 3 aromatic rings. The van der Waals surface area contributed by atoms with Crippen molar-refractivity contribution in [2.45, 2.75) is 30.3 Å². The van der Waals surface area contributed by atoms with Crippen LogP contribution in [-0.4, -0.2) is 42.7 Å². The maximum Gasteiger partial charge on any atom is 0.271 e. The summed E-state index contributed by atoms with van der Waals surface area (Å²) in [6.07, 6.45) is 2.35. The number of halogens is 1. The van der Waals surface area contributed by atoms with Gasteiger partial charge in [-0.15, -0.1) is 0 Å². The summed E-state index contributed by atoms with van der Waals surface area (Å²) in [5.74, 6) is -0.237. The predicted octanol–water partition coefficient (Wildman–Crippen LogP) is 4.04. The number of piperidine rings is 1. The highest BCUT2D eigenvalue weighted by molar-refractivity contribution is 7.89. The SMILES string of the molecule is O=C(NCc1occc1S(=O)(=O)N1CCC(Nc2cccc([N+](=O)[O-])c2)CC1)c1ccc(Cl)cc1. The van der Waals surface area contributed by atoms with Crippen LogP contribution >= 0.6 is 11.6 Å². The number of hydrogen-bond acceptors (Lipinski definition) is 7. The smallest absolute Gasteiger partial charge is 0.271 e. The van der Waals surface area contributed by atoms with Gasteiger partial charge in [-0.25, -0.2) is 8.42 Å². The normalized spacial score (nSPS) is 15.0. The molecule has 1 fully saturated rings. The molecule has 0 radical (unpaired) electrons. The lowest BCUT2D eigenvalue weighted by Gasteiger charge is -2.32. The fraction of sp³-hybridized carbons (Fsp3) is 0.261. The molecule has 0 unspecified atom stereocenters. The van der Waals surface area contributed by atoms with Crippen LogP contribution in [0.1, 0.15) is 29.0 Å². The fourth-order valence-electron chi connectivity index (χ4n) is 3.88. The Labute approximate surface area is 207 Å². The Bertz CT molecular complexity index is 1320. The number of rotatable bonds is 8. The van der Waals surface area contributed by atoms with Crippen molar-refractivity contribution in [2.24, 2.45) is 0 Å². The first-order chi connectivity index (χ1) is 16.7. The molecule has 12 heteroatoms. The van der Waals surface area contributed by atoms with Gasteiger partial charge in [0.2, 0.25) is 10.0 Å². The van der Waals surface area contributed by atoms with Crippen molar-refractivity contribution in [3.8, 4) is 0 Å². The zero-order chi connectivity index (χ0) is 25.0. The lowest BCUT2D eigenvalue weighted by Crippen LogP contribution is -2.42. The van der Waals surface area contributed by atoms with E-state index in [-0.39, 0.29) is 47.9 Å². The molecule has 2 N–H and O–H groups in total. The summed E-state index contributed by atoms with van der Waals surface area (Å²) < 4.78 is 33.2. The molecule has 10 nitrogen and oxygen atoms in total. The van der Waals surface area contributed by atoms with Gasteiger partial charge in [0.15, 0.2) is 0 Å². The van der Waals surface area contributed by atoms with Gasteiger partial charge in [0.05, 0.1) is 17.7 Å². The molecule has 184 valence electrons. The van der Waals surface area contributed by atoms with E-state index in [2.05, 4.69) is 10.6 Å². The van der Waals surface area contributed by atoms with E-state index >= 15 is 0 Å². The Hall–Kier alpha value is -3.41. The minimum atomic E-state index is -3.83. The molecule has 0 bridgehead atoms. The Balaban J connectivity index is 1.36. The number of nitrogens with one attached hydrogen (secondary N) is 2. The first kappa shape index (κ1) is 24.7. The molecule has 1 saturated heterocycles. The lowest BCUT2D eigenvalue weighted by molar-refractivity contribution is -0.384. The monoisotopic (exact) mass is 518 g/mol. The third-order valence-corrected chi connectivity index (χ3v) is 7.94. The van der Waals surface area contributed by atoms with E-state index in [0.29, 0.717) is 29.1 Å². The van der Waals surface area contributed by atoms with Crippen LogP contribution in [0.2, 0.25) is 5.02 Å². The molecule has 0 aliphatic carbocycles. The second kappa shape index (κ2) is 10.5. The first-order valence-electron chi connectivity index (χ1n) is 10.9. The Morgan fingerprint density at radius 3 is 2.54 bits per heavy atom. The number of sulfonamides is 1. The summed E-state index contributed by atoms with van der Waals surface area (Å²) in [5.41, 5.74) is 1.00. The molecule has 4 rings (SSSR count). The fourth-order valence-corrected chi connectivity index (χ4v) is 5.61. The van der Waals surface area contributed by atoms with E-state index in [0.717, 1.165) is 0 Å². The van der Waals surface area contributed by atoms with Gasteiger partial charge in [-0.1, -0.05) is 17.7 Å². The highest BCUT2D eigenvalue weighted by atomic mass is 35.5. The van der Waals surface area contributed by atoms with Gasteiger partial charge < -0.3 is 15.1 Å². The Morgan fingerprint density at radius 1 is 1.14 bits per heavy atom. The van der Waals surface area contributed by atoms with Gasteiger partial charge in [-0.2, -0.15) is 4.31 Å². The number of nitrogens with zero attached hydrogens (tertiary/aromatic N) is 2. The van der Waals surface area contributed by atoms with Crippen LogP contribution in [0.25, 0.3) is 0 Å². The van der Waals surface area contributed by atoms with Crippen molar-refractivity contribution in [2.75, 3.05) is 18.4 Å². The van der Waals surface area contributed by atoms with E-state index in [1.807, 2.05) is 0 Å². The van der Waals surface area contributed by atoms with Crippen LogP contribution in [0, 0.1) is 10.1 Å². The summed E-state index contributed by atoms with van der Waals surface area (Å²) in [6, 6.07) is 13.9. The van der Waals surface area contributed by atoms with Gasteiger partial charge in [0, 0.05) is 47.5 Å². The van der Waals surface area contributed by atoms with E-state index in [1.165, 1.54) is 28.8 Å². The topological polar surface area (TPSA) is 135 Å². The van der Waals surface area contributed by atoms with Gasteiger partial charge in [0.25, 0.3) is 11.6 Å². The molecule has 1 amide bonds. The highest BCUT2D eigenvalue weighted by Gasteiger charge is 2.32. The zero-order valence-corrected chi connectivity index (χ0v) is 20.1. The van der Waals surface area contributed by atoms with E-state index in [1.54, 1.807) is 36.4 Å². The maximum absolute atomic E-state index is 13.2. The molecule has 0 atom stereocenters. The largest absolute Gasteiger partial charge is 0.466 e. The number of hydrogen-bond donors (Lipinski definition) is 2.